The second-order valence-corrected chi connectivity index (χ2v) is 14.5. The molecule has 2 amide bonds. The summed E-state index contributed by atoms with van der Waals surface area (Å²) in [7, 11) is 0. The molecule has 0 aliphatic carbocycles. The predicted molar refractivity (Wildman–Crippen MR) is 188 cm³/mol. The summed E-state index contributed by atoms with van der Waals surface area (Å²) < 4.78 is 15.9. The first-order chi connectivity index (χ1) is 22.9. The molecule has 1 fully saturated rings. The SMILES string of the molecule is CCC1C=C(C(=S)OC(c2ccccc2)c2ccccc2)N2C(=O)C(NC(=O)C(=NOC(C)C(=O)OC(C)(C)C)c3nsc(N)n3)[C@H]2S1. The van der Waals surface area contributed by atoms with Crippen LogP contribution in [0.4, 0.5) is 5.13 Å². The number of rotatable bonds is 11. The fourth-order valence-electron chi connectivity index (χ4n) is 4.88. The Morgan fingerprint density at radius 3 is 2.27 bits per heavy atom. The van der Waals surface area contributed by atoms with Crippen molar-refractivity contribution in [1.29, 1.82) is 0 Å². The number of esters is 1. The van der Waals surface area contributed by atoms with E-state index in [1.165, 1.54) is 18.7 Å². The summed E-state index contributed by atoms with van der Waals surface area (Å²) in [5.41, 5.74) is 6.97. The van der Waals surface area contributed by atoms with Gasteiger partial charge >= 0.3 is 5.97 Å². The topological polar surface area (TPSA) is 158 Å². The van der Waals surface area contributed by atoms with Gasteiger partial charge in [0.1, 0.15) is 23.1 Å². The molecule has 0 spiro atoms. The van der Waals surface area contributed by atoms with Crippen LogP contribution in [0.3, 0.4) is 0 Å². The number of fused-ring (bicyclic) bond motifs is 1. The zero-order valence-corrected chi connectivity index (χ0v) is 29.4. The zero-order valence-electron chi connectivity index (χ0n) is 27.0. The van der Waals surface area contributed by atoms with Crippen molar-refractivity contribution in [2.45, 2.75) is 75.5 Å². The molecule has 3 N–H and O–H groups in total. The van der Waals surface area contributed by atoms with Crippen LogP contribution in [-0.2, 0) is 28.7 Å². The van der Waals surface area contributed by atoms with E-state index in [0.717, 1.165) is 29.1 Å². The van der Waals surface area contributed by atoms with Gasteiger partial charge in [0.15, 0.2) is 5.13 Å². The Morgan fingerprint density at radius 1 is 1.10 bits per heavy atom. The van der Waals surface area contributed by atoms with Gasteiger partial charge in [0.05, 0.1) is 5.70 Å². The monoisotopic (exact) mass is 708 g/mol. The van der Waals surface area contributed by atoms with Gasteiger partial charge in [0, 0.05) is 16.8 Å². The molecule has 0 bridgehead atoms. The van der Waals surface area contributed by atoms with E-state index in [0.29, 0.717) is 5.70 Å². The quantitative estimate of drug-likeness (QED) is 0.0930. The van der Waals surface area contributed by atoms with E-state index in [1.807, 2.05) is 73.7 Å². The lowest BCUT2D eigenvalue weighted by Crippen LogP contribution is -2.71. The molecular weight excluding hydrogens is 673 g/mol. The van der Waals surface area contributed by atoms with Gasteiger partial charge in [-0.05, 0) is 63.5 Å². The number of nitrogens with two attached hydrogens (primary N) is 1. The van der Waals surface area contributed by atoms with Crippen molar-refractivity contribution >= 4 is 69.2 Å². The van der Waals surface area contributed by atoms with Gasteiger partial charge in [0.25, 0.3) is 11.8 Å². The molecule has 1 aromatic heterocycles. The molecule has 0 radical (unpaired) electrons. The average Bonchev–Trinajstić information content (AvgIpc) is 3.50. The predicted octanol–water partition coefficient (Wildman–Crippen LogP) is 4.77. The van der Waals surface area contributed by atoms with Crippen LogP contribution in [0.15, 0.2) is 77.6 Å². The minimum absolute atomic E-state index is 0.00615. The standard InChI is InChI=1S/C33H36N6O6S3/c1-6-21-17-22(31(46)43-25(19-13-9-7-10-14-19)20-15-11-8-12-16-20)39-28(41)24(29(39)47-21)35-27(40)23(26-36-32(34)48-38-26)37-45-18(2)30(42)44-33(3,4)5/h7-18,21,24-25,29H,6H2,1-5H3,(H,35,40)(H2,34,36,38)/t18?,21?,24?,29-/m1/s1. The van der Waals surface area contributed by atoms with Gasteiger partial charge in [-0.3, -0.25) is 14.5 Å². The summed E-state index contributed by atoms with van der Waals surface area (Å²) in [4.78, 5) is 50.7. The fourth-order valence-corrected chi connectivity index (χ4v) is 7.02. The highest BCUT2D eigenvalue weighted by atomic mass is 32.2. The maximum absolute atomic E-state index is 13.7. The number of oxime groups is 1. The third kappa shape index (κ3) is 8.02. The van der Waals surface area contributed by atoms with Crippen molar-refractivity contribution in [2.24, 2.45) is 5.16 Å². The summed E-state index contributed by atoms with van der Waals surface area (Å²) in [5, 5.41) is 6.45. The minimum atomic E-state index is -1.15. The van der Waals surface area contributed by atoms with E-state index in [1.54, 1.807) is 25.7 Å². The number of nitrogens with one attached hydrogen (secondary N) is 1. The number of aromatic nitrogens is 2. The van der Waals surface area contributed by atoms with Crippen molar-refractivity contribution in [2.75, 3.05) is 5.73 Å². The molecule has 2 aromatic carbocycles. The molecule has 252 valence electrons. The van der Waals surface area contributed by atoms with Crippen LogP contribution in [0.2, 0.25) is 0 Å². The number of nitrogen functional groups attached to an aromatic ring is 1. The van der Waals surface area contributed by atoms with Crippen LogP contribution in [0.25, 0.3) is 0 Å². The van der Waals surface area contributed by atoms with Gasteiger partial charge < -0.3 is 25.4 Å². The smallest absolute Gasteiger partial charge is 0.350 e. The zero-order chi connectivity index (χ0) is 34.6. The maximum Gasteiger partial charge on any atom is 0.350 e. The third-order valence-corrected chi connectivity index (χ3v) is 9.63. The van der Waals surface area contributed by atoms with Crippen LogP contribution >= 0.6 is 35.5 Å². The molecule has 3 aromatic rings. The molecule has 3 unspecified atom stereocenters. The summed E-state index contributed by atoms with van der Waals surface area (Å²) in [5.74, 6) is -1.94. The number of β-lactam (4-membered cyclic amide) rings is 1. The van der Waals surface area contributed by atoms with Gasteiger partial charge in [-0.15, -0.1) is 11.8 Å². The first-order valence-corrected chi connectivity index (χ1v) is 17.4. The molecule has 15 heteroatoms. The van der Waals surface area contributed by atoms with Crippen molar-refractivity contribution in [1.82, 2.24) is 19.6 Å². The number of ether oxygens (including phenoxy) is 2. The number of thioether (sulfide) groups is 1. The summed E-state index contributed by atoms with van der Waals surface area (Å²) in [6, 6.07) is 18.5. The Morgan fingerprint density at radius 2 is 1.73 bits per heavy atom. The van der Waals surface area contributed by atoms with Crippen molar-refractivity contribution in [3.8, 4) is 0 Å². The average molecular weight is 709 g/mol. The number of amides is 2. The molecule has 5 rings (SSSR count). The molecule has 2 aliphatic heterocycles. The van der Waals surface area contributed by atoms with E-state index < -0.39 is 41.1 Å². The van der Waals surface area contributed by atoms with E-state index >= 15 is 0 Å². The molecule has 48 heavy (non-hydrogen) atoms. The summed E-state index contributed by atoms with van der Waals surface area (Å²) in [6.07, 6.45) is 1.04. The number of benzene rings is 2. The van der Waals surface area contributed by atoms with E-state index in [2.05, 4.69) is 19.8 Å². The molecule has 0 saturated carbocycles. The van der Waals surface area contributed by atoms with Gasteiger partial charge in [-0.25, -0.2) is 4.79 Å². The molecule has 1 saturated heterocycles. The first-order valence-electron chi connectivity index (χ1n) is 15.2. The van der Waals surface area contributed by atoms with Gasteiger partial charge in [-0.2, -0.15) is 9.36 Å². The number of carbonyl (C=O) groups is 3. The molecule has 3 heterocycles. The van der Waals surface area contributed by atoms with E-state index in [9.17, 15) is 14.4 Å². The van der Waals surface area contributed by atoms with Crippen LogP contribution in [-0.4, -0.2) is 71.2 Å². The Bertz CT molecular complexity index is 1690. The fraction of sp³-hybridized carbons (Fsp3) is 0.364. The Balaban J connectivity index is 1.34. The number of thiocarbonyl (C=S) groups is 1. The van der Waals surface area contributed by atoms with Gasteiger partial charge in [-0.1, -0.05) is 72.7 Å². The van der Waals surface area contributed by atoms with Crippen molar-refractivity contribution in [3.05, 3.63) is 89.4 Å². The Labute approximate surface area is 292 Å². The highest BCUT2D eigenvalue weighted by Crippen LogP contribution is 2.43. The highest BCUT2D eigenvalue weighted by molar-refractivity contribution is 8.00. The largest absolute Gasteiger partial charge is 0.469 e. The summed E-state index contributed by atoms with van der Waals surface area (Å²) in [6.45, 7) is 8.63. The maximum atomic E-state index is 13.7. The third-order valence-electron chi connectivity index (χ3n) is 7.20. The Kier molecular flexibility index (Phi) is 10.8. The molecule has 4 atom stereocenters. The van der Waals surface area contributed by atoms with E-state index in [-0.39, 0.29) is 32.9 Å². The number of nitrogens with zero attached hydrogens (tertiary/aromatic N) is 4. The van der Waals surface area contributed by atoms with Crippen LogP contribution in [0, 0.1) is 0 Å². The van der Waals surface area contributed by atoms with Crippen molar-refractivity contribution in [3.63, 3.8) is 0 Å². The second kappa shape index (κ2) is 14.8. The lowest BCUT2D eigenvalue weighted by Gasteiger charge is -2.50. The lowest BCUT2D eigenvalue weighted by atomic mass is 10.0. The molecule has 2 aliphatic rings. The van der Waals surface area contributed by atoms with Crippen LogP contribution in [0.1, 0.15) is 64.1 Å². The molecular formula is C33H36N6O6S3. The Hall–Kier alpha value is -4.34. The summed E-state index contributed by atoms with van der Waals surface area (Å²) >= 11 is 8.22. The second-order valence-electron chi connectivity index (χ2n) is 12.0. The number of hydrogen-bond acceptors (Lipinski definition) is 13. The first kappa shape index (κ1) is 35.0. The lowest BCUT2D eigenvalue weighted by molar-refractivity contribution is -0.167. The van der Waals surface area contributed by atoms with Crippen molar-refractivity contribution < 1.29 is 28.7 Å². The van der Waals surface area contributed by atoms with Gasteiger partial charge in [0.2, 0.25) is 22.7 Å². The van der Waals surface area contributed by atoms with E-state index in [4.69, 9.17) is 32.3 Å². The molecule has 12 nitrogen and oxygen atoms in total. The van der Waals surface area contributed by atoms with Crippen LogP contribution in [0.5, 0.6) is 0 Å². The van der Waals surface area contributed by atoms with Crippen LogP contribution < -0.4 is 11.1 Å². The highest BCUT2D eigenvalue weighted by Gasteiger charge is 2.54. The minimum Gasteiger partial charge on any atom is -0.469 e. The number of carbonyl (C=O) groups excluding carboxylic acids is 3. The normalized spacial score (nSPS) is 19.8. The number of hydrogen-bond donors (Lipinski definition) is 2. The number of anilines is 1.